The predicted molar refractivity (Wildman–Crippen MR) is 110 cm³/mol. The van der Waals surface area contributed by atoms with Gasteiger partial charge in [-0.1, -0.05) is 36.4 Å². The molecule has 6 heteroatoms. The van der Waals surface area contributed by atoms with E-state index in [1.807, 2.05) is 61.5 Å². The van der Waals surface area contributed by atoms with Gasteiger partial charge in [0, 0.05) is 14.1 Å². The van der Waals surface area contributed by atoms with Crippen molar-refractivity contribution in [1.82, 2.24) is 4.90 Å². The maximum Gasteiger partial charge on any atom is 0.266 e. The smallest absolute Gasteiger partial charge is 0.266 e. The Morgan fingerprint density at radius 2 is 1.89 bits per heavy atom. The molecule has 0 radical (unpaired) electrons. The molecule has 1 aliphatic heterocycles. The highest BCUT2D eigenvalue weighted by Crippen LogP contribution is 2.34. The lowest BCUT2D eigenvalue weighted by atomic mass is 10.1. The van der Waals surface area contributed by atoms with E-state index in [-0.39, 0.29) is 5.91 Å². The Morgan fingerprint density at radius 1 is 1.11 bits per heavy atom. The first-order valence-corrected chi connectivity index (χ1v) is 9.52. The molecule has 1 aliphatic rings. The van der Waals surface area contributed by atoms with Crippen molar-refractivity contribution in [3.8, 4) is 11.5 Å². The first-order chi connectivity index (χ1) is 13.1. The van der Waals surface area contributed by atoms with Gasteiger partial charge in [0.2, 0.25) is 0 Å². The molecule has 2 aromatic carbocycles. The second kappa shape index (κ2) is 8.77. The van der Waals surface area contributed by atoms with E-state index in [4.69, 9.17) is 9.47 Å². The largest absolute Gasteiger partial charge is 0.490 e. The first kappa shape index (κ1) is 19.0. The molecular weight excluding hydrogens is 360 g/mol. The Kier molecular flexibility index (Phi) is 6.19. The average molecular weight is 382 g/mol. The van der Waals surface area contributed by atoms with Crippen LogP contribution in [0.25, 0.3) is 6.08 Å². The monoisotopic (exact) mass is 382 g/mol. The fourth-order valence-electron chi connectivity index (χ4n) is 2.64. The topological polar surface area (TPSA) is 51.1 Å². The molecule has 0 unspecified atom stereocenters. The zero-order chi connectivity index (χ0) is 19.2. The van der Waals surface area contributed by atoms with Crippen LogP contribution in [0.1, 0.15) is 18.1 Å². The number of carbonyl (C=O) groups excluding carboxylic acids is 1. The quantitative estimate of drug-likeness (QED) is 0.703. The van der Waals surface area contributed by atoms with Gasteiger partial charge in [-0.05, 0) is 48.0 Å². The van der Waals surface area contributed by atoms with E-state index in [0.717, 1.165) is 11.1 Å². The Bertz CT molecular complexity index is 878. The number of amides is 1. The molecule has 2 aromatic rings. The van der Waals surface area contributed by atoms with Gasteiger partial charge in [0.1, 0.15) is 6.61 Å². The van der Waals surface area contributed by atoms with Crippen LogP contribution < -0.4 is 9.47 Å². The predicted octanol–water partition coefficient (Wildman–Crippen LogP) is 4.20. The van der Waals surface area contributed by atoms with Crippen molar-refractivity contribution in [1.29, 1.82) is 0 Å². The Balaban J connectivity index is 1.81. The van der Waals surface area contributed by atoms with Crippen LogP contribution in [-0.2, 0) is 11.4 Å². The fraction of sp³-hybridized carbons (Fsp3) is 0.238. The van der Waals surface area contributed by atoms with Gasteiger partial charge < -0.3 is 9.47 Å². The van der Waals surface area contributed by atoms with Crippen molar-refractivity contribution >= 4 is 28.9 Å². The highest BCUT2D eigenvalue weighted by atomic mass is 32.2. The second-order valence-corrected chi connectivity index (χ2v) is 6.90. The van der Waals surface area contributed by atoms with E-state index in [9.17, 15) is 4.79 Å². The number of rotatable bonds is 6. The van der Waals surface area contributed by atoms with E-state index in [1.54, 1.807) is 19.0 Å². The zero-order valence-electron chi connectivity index (χ0n) is 15.6. The number of likely N-dealkylation sites (N-methyl/N-ethyl adjacent to an activating group) is 1. The normalized spacial score (nSPS) is 17.0. The van der Waals surface area contributed by atoms with E-state index in [2.05, 4.69) is 4.99 Å². The minimum atomic E-state index is -0.0528. The third-order valence-corrected chi connectivity index (χ3v) is 5.15. The summed E-state index contributed by atoms with van der Waals surface area (Å²) < 4.78 is 11.7. The molecule has 0 N–H and O–H groups in total. The zero-order valence-corrected chi connectivity index (χ0v) is 16.5. The maximum absolute atomic E-state index is 12.3. The molecule has 3 rings (SSSR count). The molecule has 27 heavy (non-hydrogen) atoms. The SMILES string of the molecule is CCOc1cc(/C=C2\SC(=NC)N(C)C2=O)ccc1OCc1ccccc1. The van der Waals surface area contributed by atoms with Crippen molar-refractivity contribution in [2.45, 2.75) is 13.5 Å². The van der Waals surface area contributed by atoms with E-state index >= 15 is 0 Å². The second-order valence-electron chi connectivity index (χ2n) is 5.89. The number of hydrogen-bond donors (Lipinski definition) is 0. The van der Waals surface area contributed by atoms with Crippen molar-refractivity contribution in [3.63, 3.8) is 0 Å². The van der Waals surface area contributed by atoms with Crippen molar-refractivity contribution in [2.24, 2.45) is 4.99 Å². The summed E-state index contributed by atoms with van der Waals surface area (Å²) in [6, 6.07) is 15.7. The lowest BCUT2D eigenvalue weighted by Crippen LogP contribution is -2.23. The molecule has 0 saturated carbocycles. The van der Waals surface area contributed by atoms with Crippen LogP contribution in [0.5, 0.6) is 11.5 Å². The van der Waals surface area contributed by atoms with Gasteiger partial charge in [0.15, 0.2) is 16.7 Å². The van der Waals surface area contributed by atoms with Gasteiger partial charge in [-0.3, -0.25) is 14.7 Å². The molecule has 1 heterocycles. The lowest BCUT2D eigenvalue weighted by molar-refractivity contribution is -0.121. The fourth-order valence-corrected chi connectivity index (χ4v) is 3.57. The van der Waals surface area contributed by atoms with Gasteiger partial charge in [-0.25, -0.2) is 0 Å². The van der Waals surface area contributed by atoms with E-state index in [0.29, 0.717) is 34.8 Å². The Labute approximate surface area is 163 Å². The summed E-state index contributed by atoms with van der Waals surface area (Å²) in [5.74, 6) is 1.29. The van der Waals surface area contributed by atoms with Crippen LogP contribution in [0.4, 0.5) is 0 Å². The minimum Gasteiger partial charge on any atom is -0.490 e. The third-order valence-electron chi connectivity index (χ3n) is 4.00. The number of carbonyl (C=O) groups is 1. The van der Waals surface area contributed by atoms with Crippen LogP contribution in [-0.4, -0.2) is 36.7 Å². The van der Waals surface area contributed by atoms with Crippen LogP contribution in [0.15, 0.2) is 58.4 Å². The van der Waals surface area contributed by atoms with E-state index in [1.165, 1.54) is 11.8 Å². The van der Waals surface area contributed by atoms with Gasteiger partial charge in [-0.2, -0.15) is 0 Å². The molecule has 1 saturated heterocycles. The Morgan fingerprint density at radius 3 is 2.56 bits per heavy atom. The van der Waals surface area contributed by atoms with Gasteiger partial charge in [0.05, 0.1) is 11.5 Å². The summed E-state index contributed by atoms with van der Waals surface area (Å²) in [4.78, 5) is 18.6. The molecule has 0 atom stereocenters. The summed E-state index contributed by atoms with van der Waals surface area (Å²) in [6.07, 6.45) is 1.85. The molecule has 0 spiro atoms. The summed E-state index contributed by atoms with van der Waals surface area (Å²) in [7, 11) is 3.41. The number of amidine groups is 1. The van der Waals surface area contributed by atoms with Crippen LogP contribution in [0, 0.1) is 0 Å². The molecular formula is C21H22N2O3S. The number of ether oxygens (including phenoxy) is 2. The molecule has 0 aliphatic carbocycles. The summed E-state index contributed by atoms with van der Waals surface area (Å²) in [5, 5.41) is 0.694. The lowest BCUT2D eigenvalue weighted by Gasteiger charge is -2.13. The van der Waals surface area contributed by atoms with Gasteiger partial charge in [-0.15, -0.1) is 0 Å². The summed E-state index contributed by atoms with van der Waals surface area (Å²) in [5.41, 5.74) is 1.97. The molecule has 1 fully saturated rings. The molecule has 0 aromatic heterocycles. The number of thioether (sulfide) groups is 1. The summed E-state index contributed by atoms with van der Waals surface area (Å²) in [6.45, 7) is 2.93. The number of benzene rings is 2. The number of aliphatic imine (C=N–C) groups is 1. The van der Waals surface area contributed by atoms with Gasteiger partial charge in [0.25, 0.3) is 5.91 Å². The highest BCUT2D eigenvalue weighted by Gasteiger charge is 2.29. The van der Waals surface area contributed by atoms with Crippen molar-refractivity contribution in [2.75, 3.05) is 20.7 Å². The minimum absolute atomic E-state index is 0.0528. The first-order valence-electron chi connectivity index (χ1n) is 8.70. The summed E-state index contributed by atoms with van der Waals surface area (Å²) >= 11 is 1.37. The number of hydrogen-bond acceptors (Lipinski definition) is 5. The highest BCUT2D eigenvalue weighted by molar-refractivity contribution is 8.18. The standard InChI is InChI=1S/C21H22N2O3S/c1-4-25-18-12-16(13-19-20(24)23(3)21(22-2)27-19)10-11-17(18)26-14-15-8-6-5-7-9-15/h5-13H,4,14H2,1-3H3/b19-13-,22-21?. The average Bonchev–Trinajstić information content (AvgIpc) is 2.96. The third kappa shape index (κ3) is 4.52. The molecule has 140 valence electrons. The molecule has 0 bridgehead atoms. The maximum atomic E-state index is 12.3. The van der Waals surface area contributed by atoms with Crippen LogP contribution >= 0.6 is 11.8 Å². The van der Waals surface area contributed by atoms with Crippen LogP contribution in [0.2, 0.25) is 0 Å². The van der Waals surface area contributed by atoms with Crippen LogP contribution in [0.3, 0.4) is 0 Å². The van der Waals surface area contributed by atoms with Gasteiger partial charge >= 0.3 is 0 Å². The van der Waals surface area contributed by atoms with Crippen molar-refractivity contribution in [3.05, 3.63) is 64.6 Å². The van der Waals surface area contributed by atoms with E-state index < -0.39 is 0 Å². The Hall–Kier alpha value is -2.73. The molecule has 1 amide bonds. The van der Waals surface area contributed by atoms with Crippen molar-refractivity contribution < 1.29 is 14.3 Å². The molecule has 5 nitrogen and oxygen atoms in total. The number of nitrogens with zero attached hydrogens (tertiary/aromatic N) is 2.